The number of hydrogen-bond acceptors (Lipinski definition) is 3. The zero-order chi connectivity index (χ0) is 19.6. The molecule has 0 aliphatic carbocycles. The quantitative estimate of drug-likeness (QED) is 0.786. The van der Waals surface area contributed by atoms with Gasteiger partial charge in [-0.05, 0) is 31.2 Å². The highest BCUT2D eigenvalue weighted by molar-refractivity contribution is 8.00. The van der Waals surface area contributed by atoms with Crippen molar-refractivity contribution in [2.45, 2.75) is 30.5 Å². The van der Waals surface area contributed by atoms with Crippen LogP contribution in [0, 0.1) is 6.92 Å². The highest BCUT2D eigenvalue weighted by atomic mass is 32.2. The van der Waals surface area contributed by atoms with Crippen molar-refractivity contribution in [2.24, 2.45) is 0 Å². The Hall–Kier alpha value is -2.48. The molecule has 2 aromatic carbocycles. The van der Waals surface area contributed by atoms with Crippen LogP contribution < -0.4 is 10.2 Å². The largest absolute Gasteiger partial charge is 0.409 e. The maximum Gasteiger partial charge on any atom is 0.409 e. The van der Waals surface area contributed by atoms with E-state index in [0.717, 1.165) is 22.2 Å². The van der Waals surface area contributed by atoms with Crippen LogP contribution in [0.4, 0.5) is 24.5 Å². The van der Waals surface area contributed by atoms with Crippen LogP contribution in [0.15, 0.2) is 53.4 Å². The summed E-state index contributed by atoms with van der Waals surface area (Å²) < 4.78 is 40.9. The second kappa shape index (κ2) is 7.64. The smallest absolute Gasteiger partial charge is 0.324 e. The molecular formula is C19H17F3N2O2S. The first-order valence-corrected chi connectivity index (χ1v) is 9.21. The summed E-state index contributed by atoms with van der Waals surface area (Å²) >= 11 is 1.16. The third-order valence-electron chi connectivity index (χ3n) is 4.16. The Morgan fingerprint density at radius 3 is 2.52 bits per heavy atom. The Morgan fingerprint density at radius 1 is 1.19 bits per heavy atom. The number of anilines is 2. The molecule has 2 amide bonds. The molecule has 1 N–H and O–H groups in total. The average Bonchev–Trinajstić information content (AvgIpc) is 2.76. The lowest BCUT2D eigenvalue weighted by Gasteiger charge is -2.31. The lowest BCUT2D eigenvalue weighted by molar-refractivity contribution is -0.157. The number of rotatable bonds is 3. The number of alkyl halides is 3. The molecule has 1 aliphatic rings. The molecular weight excluding hydrogens is 377 g/mol. The van der Waals surface area contributed by atoms with Crippen LogP contribution >= 0.6 is 11.8 Å². The van der Waals surface area contributed by atoms with E-state index in [9.17, 15) is 22.8 Å². The number of amides is 2. The molecule has 8 heteroatoms. The van der Waals surface area contributed by atoms with Crippen molar-refractivity contribution < 1.29 is 22.8 Å². The summed E-state index contributed by atoms with van der Waals surface area (Å²) in [7, 11) is 0. The molecule has 27 heavy (non-hydrogen) atoms. The van der Waals surface area contributed by atoms with Gasteiger partial charge < -0.3 is 5.32 Å². The maximum absolute atomic E-state index is 13.6. The van der Waals surface area contributed by atoms with Gasteiger partial charge in [-0.15, -0.1) is 11.8 Å². The molecule has 1 heterocycles. The fraction of sp³-hybridized carbons (Fsp3) is 0.263. The van der Waals surface area contributed by atoms with Crippen molar-refractivity contribution in [1.29, 1.82) is 0 Å². The number of para-hydroxylation sites is 2. The van der Waals surface area contributed by atoms with Gasteiger partial charge in [-0.1, -0.05) is 29.8 Å². The van der Waals surface area contributed by atoms with Gasteiger partial charge in [0, 0.05) is 4.90 Å². The lowest BCUT2D eigenvalue weighted by Crippen LogP contribution is -2.50. The molecule has 0 spiro atoms. The van der Waals surface area contributed by atoms with Crippen molar-refractivity contribution in [2.75, 3.05) is 16.0 Å². The standard InChI is InChI=1S/C19H17F3N2O2S/c1-12-6-8-13(9-7-12)27-11-18(26)24-15-5-3-2-4-14(15)23-17(25)10-16(24)19(20,21)22/h2-9,16H,10-11H2,1H3,(H,23,25). The molecule has 2 aromatic rings. The molecule has 1 aliphatic heterocycles. The van der Waals surface area contributed by atoms with Gasteiger partial charge in [0.1, 0.15) is 6.04 Å². The molecule has 0 bridgehead atoms. The topological polar surface area (TPSA) is 49.4 Å². The SMILES string of the molecule is Cc1ccc(SCC(=O)N2c3ccccc3NC(=O)CC2C(F)(F)F)cc1. The van der Waals surface area contributed by atoms with Gasteiger partial charge in [-0.2, -0.15) is 13.2 Å². The number of halogens is 3. The average molecular weight is 394 g/mol. The molecule has 0 saturated carbocycles. The number of aryl methyl sites for hydroxylation is 1. The Bertz CT molecular complexity index is 853. The first-order chi connectivity index (χ1) is 12.8. The van der Waals surface area contributed by atoms with E-state index in [0.29, 0.717) is 4.90 Å². The van der Waals surface area contributed by atoms with E-state index in [1.54, 1.807) is 6.07 Å². The van der Waals surface area contributed by atoms with E-state index in [1.165, 1.54) is 18.2 Å². The number of carbonyl (C=O) groups is 2. The third-order valence-corrected chi connectivity index (χ3v) is 5.15. The van der Waals surface area contributed by atoms with E-state index >= 15 is 0 Å². The summed E-state index contributed by atoms with van der Waals surface area (Å²) in [6.07, 6.45) is -5.56. The Labute approximate surface area is 158 Å². The summed E-state index contributed by atoms with van der Waals surface area (Å²) in [6, 6.07) is 11.2. The predicted octanol–water partition coefficient (Wildman–Crippen LogP) is 4.39. The summed E-state index contributed by atoms with van der Waals surface area (Å²) in [5.74, 6) is -1.64. The Balaban J connectivity index is 1.91. The minimum Gasteiger partial charge on any atom is -0.324 e. The number of carbonyl (C=O) groups excluding carboxylic acids is 2. The number of nitrogens with zero attached hydrogens (tertiary/aromatic N) is 1. The van der Waals surface area contributed by atoms with Crippen LogP contribution in [0.1, 0.15) is 12.0 Å². The van der Waals surface area contributed by atoms with E-state index < -0.39 is 30.5 Å². The number of benzene rings is 2. The second-order valence-corrected chi connectivity index (χ2v) is 7.24. The van der Waals surface area contributed by atoms with Crippen LogP contribution in [-0.4, -0.2) is 29.8 Å². The van der Waals surface area contributed by atoms with Gasteiger partial charge in [0.2, 0.25) is 11.8 Å². The van der Waals surface area contributed by atoms with E-state index in [1.807, 2.05) is 31.2 Å². The maximum atomic E-state index is 13.6. The first-order valence-electron chi connectivity index (χ1n) is 8.23. The monoisotopic (exact) mass is 394 g/mol. The fourth-order valence-electron chi connectivity index (χ4n) is 2.84. The molecule has 0 aromatic heterocycles. The first kappa shape index (κ1) is 19.3. The van der Waals surface area contributed by atoms with E-state index in [2.05, 4.69) is 5.32 Å². The fourth-order valence-corrected chi connectivity index (χ4v) is 3.60. The van der Waals surface area contributed by atoms with Gasteiger partial charge in [0.05, 0.1) is 23.5 Å². The minimum atomic E-state index is -4.72. The van der Waals surface area contributed by atoms with Gasteiger partial charge in [0.15, 0.2) is 0 Å². The molecule has 0 radical (unpaired) electrons. The van der Waals surface area contributed by atoms with Crippen molar-refractivity contribution in [3.8, 4) is 0 Å². The number of thioether (sulfide) groups is 1. The van der Waals surface area contributed by atoms with E-state index in [4.69, 9.17) is 0 Å². The predicted molar refractivity (Wildman–Crippen MR) is 98.9 cm³/mol. The highest BCUT2D eigenvalue weighted by Gasteiger charge is 2.48. The molecule has 142 valence electrons. The van der Waals surface area contributed by atoms with Gasteiger partial charge >= 0.3 is 6.18 Å². The second-order valence-electron chi connectivity index (χ2n) is 6.19. The summed E-state index contributed by atoms with van der Waals surface area (Å²) in [5, 5.41) is 2.45. The minimum absolute atomic E-state index is 0.0557. The molecule has 0 fully saturated rings. The summed E-state index contributed by atoms with van der Waals surface area (Å²) in [4.78, 5) is 26.2. The van der Waals surface area contributed by atoms with Crippen LogP contribution in [-0.2, 0) is 9.59 Å². The van der Waals surface area contributed by atoms with E-state index in [-0.39, 0.29) is 17.1 Å². The zero-order valence-corrected chi connectivity index (χ0v) is 15.2. The number of hydrogen-bond donors (Lipinski definition) is 1. The Morgan fingerprint density at radius 2 is 1.85 bits per heavy atom. The summed E-state index contributed by atoms with van der Waals surface area (Å²) in [6.45, 7) is 1.92. The van der Waals surface area contributed by atoms with Crippen molar-refractivity contribution in [1.82, 2.24) is 0 Å². The van der Waals surface area contributed by atoms with Crippen LogP contribution in [0.2, 0.25) is 0 Å². The normalized spacial score (nSPS) is 17.1. The highest BCUT2D eigenvalue weighted by Crippen LogP contribution is 2.38. The molecule has 1 unspecified atom stereocenters. The van der Waals surface area contributed by atoms with Crippen LogP contribution in [0.3, 0.4) is 0 Å². The third kappa shape index (κ3) is 4.44. The van der Waals surface area contributed by atoms with Crippen molar-refractivity contribution >= 4 is 35.0 Å². The van der Waals surface area contributed by atoms with Crippen LogP contribution in [0.25, 0.3) is 0 Å². The Kier molecular flexibility index (Phi) is 5.46. The molecule has 3 rings (SSSR count). The number of fused-ring (bicyclic) bond motifs is 1. The van der Waals surface area contributed by atoms with Crippen molar-refractivity contribution in [3.63, 3.8) is 0 Å². The molecule has 0 saturated heterocycles. The molecule has 1 atom stereocenters. The zero-order valence-electron chi connectivity index (χ0n) is 14.4. The molecule has 4 nitrogen and oxygen atoms in total. The van der Waals surface area contributed by atoms with Gasteiger partial charge in [0.25, 0.3) is 0 Å². The number of nitrogens with one attached hydrogen (secondary N) is 1. The lowest BCUT2D eigenvalue weighted by atomic mass is 10.1. The summed E-state index contributed by atoms with van der Waals surface area (Å²) in [5.41, 5.74) is 1.30. The van der Waals surface area contributed by atoms with Gasteiger partial charge in [-0.25, -0.2) is 0 Å². The van der Waals surface area contributed by atoms with Crippen LogP contribution in [0.5, 0.6) is 0 Å². The van der Waals surface area contributed by atoms with Gasteiger partial charge in [-0.3, -0.25) is 14.5 Å². The van der Waals surface area contributed by atoms with Crippen molar-refractivity contribution in [3.05, 3.63) is 54.1 Å².